The number of aliphatic hydroxyl groups is 1. The lowest BCUT2D eigenvalue weighted by Gasteiger charge is -2.25. The molecule has 1 amide bonds. The zero-order valence-electron chi connectivity index (χ0n) is 18.2. The lowest BCUT2D eigenvalue weighted by atomic mass is 9.93. The van der Waals surface area contributed by atoms with E-state index in [1.807, 2.05) is 49.4 Å². The van der Waals surface area contributed by atoms with Crippen molar-refractivity contribution >= 4 is 34.0 Å². The van der Waals surface area contributed by atoms with Gasteiger partial charge in [-0.3, -0.25) is 14.5 Å². The van der Waals surface area contributed by atoms with Gasteiger partial charge in [0.15, 0.2) is 0 Å². The summed E-state index contributed by atoms with van der Waals surface area (Å²) >= 11 is 0. The minimum Gasteiger partial charge on any atom is -0.507 e. The number of methoxy groups -OCH3 is 1. The molecule has 1 unspecified atom stereocenters. The summed E-state index contributed by atoms with van der Waals surface area (Å²) in [6, 6.07) is 21.1. The van der Waals surface area contributed by atoms with Crippen LogP contribution in [0, 0.1) is 6.92 Å². The number of aromatic nitrogens is 1. The van der Waals surface area contributed by atoms with Gasteiger partial charge in [0.2, 0.25) is 0 Å². The van der Waals surface area contributed by atoms with Crippen LogP contribution in [0.25, 0.3) is 16.7 Å². The standard InChI is InChI=1S/C27H22N2O4/c1-16-14-18(33-2)12-13-19(16)25(30)23-24(21-15-28-22-11-7-6-10-20(21)22)29(27(32)26(23)31)17-8-4-3-5-9-17/h3-15,24,28,30H,1-2H3/b25-23+. The first-order chi connectivity index (χ1) is 16.0. The number of ether oxygens (including phenoxy) is 1. The summed E-state index contributed by atoms with van der Waals surface area (Å²) in [4.78, 5) is 31.3. The average molecular weight is 438 g/mol. The summed E-state index contributed by atoms with van der Waals surface area (Å²) in [5.41, 5.74) is 3.47. The summed E-state index contributed by atoms with van der Waals surface area (Å²) in [7, 11) is 1.57. The van der Waals surface area contributed by atoms with Gasteiger partial charge in [-0.15, -0.1) is 0 Å². The number of nitrogens with zero attached hydrogens (tertiary/aromatic N) is 1. The van der Waals surface area contributed by atoms with Crippen molar-refractivity contribution in [1.29, 1.82) is 0 Å². The highest BCUT2D eigenvalue weighted by atomic mass is 16.5. The highest BCUT2D eigenvalue weighted by molar-refractivity contribution is 6.51. The molecular weight excluding hydrogens is 416 g/mol. The van der Waals surface area contributed by atoms with Gasteiger partial charge in [-0.1, -0.05) is 36.4 Å². The molecule has 1 saturated heterocycles. The van der Waals surface area contributed by atoms with Gasteiger partial charge in [0.25, 0.3) is 11.7 Å². The molecule has 0 aliphatic carbocycles. The third kappa shape index (κ3) is 3.27. The molecule has 1 aliphatic heterocycles. The largest absolute Gasteiger partial charge is 0.507 e. The number of fused-ring (bicyclic) bond motifs is 1. The molecule has 5 rings (SSSR count). The van der Waals surface area contributed by atoms with Crippen LogP contribution >= 0.6 is 0 Å². The van der Waals surface area contributed by atoms with E-state index < -0.39 is 17.7 Å². The zero-order valence-corrected chi connectivity index (χ0v) is 18.2. The van der Waals surface area contributed by atoms with Crippen molar-refractivity contribution in [1.82, 2.24) is 4.98 Å². The van der Waals surface area contributed by atoms with Crippen LogP contribution in [0.15, 0.2) is 84.6 Å². The Labute approximate surface area is 190 Å². The van der Waals surface area contributed by atoms with Crippen molar-refractivity contribution in [3.8, 4) is 5.75 Å². The molecule has 1 aromatic heterocycles. The molecule has 33 heavy (non-hydrogen) atoms. The summed E-state index contributed by atoms with van der Waals surface area (Å²) in [5, 5.41) is 12.3. The zero-order chi connectivity index (χ0) is 23.1. The molecule has 6 heteroatoms. The molecule has 4 aromatic rings. The second-order valence-corrected chi connectivity index (χ2v) is 7.98. The quantitative estimate of drug-likeness (QED) is 0.263. The number of para-hydroxylation sites is 2. The highest BCUT2D eigenvalue weighted by Gasteiger charge is 2.47. The lowest BCUT2D eigenvalue weighted by molar-refractivity contribution is -0.132. The summed E-state index contributed by atoms with van der Waals surface area (Å²) in [6.07, 6.45) is 1.80. The predicted molar refractivity (Wildman–Crippen MR) is 127 cm³/mol. The number of carbonyl (C=O) groups is 2. The molecule has 0 bridgehead atoms. The smallest absolute Gasteiger partial charge is 0.300 e. The van der Waals surface area contributed by atoms with Crippen LogP contribution < -0.4 is 9.64 Å². The van der Waals surface area contributed by atoms with E-state index in [-0.39, 0.29) is 11.3 Å². The van der Waals surface area contributed by atoms with Gasteiger partial charge in [-0.05, 0) is 48.9 Å². The van der Waals surface area contributed by atoms with Crippen LogP contribution in [-0.2, 0) is 9.59 Å². The first-order valence-corrected chi connectivity index (χ1v) is 10.6. The number of aromatic amines is 1. The molecular formula is C27H22N2O4. The van der Waals surface area contributed by atoms with E-state index in [1.165, 1.54) is 4.90 Å². The van der Waals surface area contributed by atoms with Crippen molar-refractivity contribution in [2.24, 2.45) is 0 Å². The summed E-state index contributed by atoms with van der Waals surface area (Å²) < 4.78 is 5.27. The monoisotopic (exact) mass is 438 g/mol. The maximum absolute atomic E-state index is 13.3. The topological polar surface area (TPSA) is 82.6 Å². The Bertz CT molecular complexity index is 1420. The minimum atomic E-state index is -0.787. The van der Waals surface area contributed by atoms with Crippen LogP contribution in [0.1, 0.15) is 22.7 Å². The summed E-state index contributed by atoms with van der Waals surface area (Å²) in [5.74, 6) is -0.963. The number of aryl methyl sites for hydroxylation is 1. The number of aliphatic hydroxyl groups excluding tert-OH is 1. The van der Waals surface area contributed by atoms with Crippen LogP contribution in [0.2, 0.25) is 0 Å². The molecule has 164 valence electrons. The van der Waals surface area contributed by atoms with Gasteiger partial charge < -0.3 is 14.8 Å². The van der Waals surface area contributed by atoms with Crippen molar-refractivity contribution in [2.75, 3.05) is 12.0 Å². The average Bonchev–Trinajstić information content (AvgIpc) is 3.37. The van der Waals surface area contributed by atoms with Gasteiger partial charge in [0.1, 0.15) is 11.5 Å². The number of anilines is 1. The van der Waals surface area contributed by atoms with Crippen molar-refractivity contribution in [2.45, 2.75) is 13.0 Å². The maximum atomic E-state index is 13.3. The van der Waals surface area contributed by atoms with E-state index in [4.69, 9.17) is 4.74 Å². The van der Waals surface area contributed by atoms with Crippen LogP contribution in [-0.4, -0.2) is 28.9 Å². The molecule has 3 aromatic carbocycles. The maximum Gasteiger partial charge on any atom is 0.300 e. The van der Waals surface area contributed by atoms with Crippen LogP contribution in [0.3, 0.4) is 0 Å². The van der Waals surface area contributed by atoms with Crippen molar-refractivity contribution in [3.05, 3.63) is 101 Å². The van der Waals surface area contributed by atoms with E-state index in [0.29, 0.717) is 17.0 Å². The number of ketones is 1. The molecule has 1 aliphatic rings. The van der Waals surface area contributed by atoms with Gasteiger partial charge in [0, 0.05) is 33.9 Å². The predicted octanol–water partition coefficient (Wildman–Crippen LogP) is 5.11. The van der Waals surface area contributed by atoms with Gasteiger partial charge >= 0.3 is 0 Å². The molecule has 0 saturated carbocycles. The minimum absolute atomic E-state index is 0.0573. The SMILES string of the molecule is COc1ccc(/C(O)=C2\C(=O)C(=O)N(c3ccccc3)C2c2c[nH]c3ccccc23)c(C)c1. The van der Waals surface area contributed by atoms with Crippen molar-refractivity contribution in [3.63, 3.8) is 0 Å². The second kappa shape index (κ2) is 7.98. The van der Waals surface area contributed by atoms with Gasteiger partial charge in [0.05, 0.1) is 18.7 Å². The number of hydrogen-bond acceptors (Lipinski definition) is 4. The number of carbonyl (C=O) groups excluding carboxylic acids is 2. The van der Waals surface area contributed by atoms with Crippen LogP contribution in [0.5, 0.6) is 5.75 Å². The Balaban J connectivity index is 1.78. The molecule has 0 radical (unpaired) electrons. The van der Waals surface area contributed by atoms with Crippen LogP contribution in [0.4, 0.5) is 5.69 Å². The fourth-order valence-corrected chi connectivity index (χ4v) is 4.48. The first-order valence-electron chi connectivity index (χ1n) is 10.6. The first kappa shape index (κ1) is 20.6. The van der Waals surface area contributed by atoms with E-state index in [2.05, 4.69) is 4.98 Å². The number of hydrogen-bond donors (Lipinski definition) is 2. The van der Waals surface area contributed by atoms with E-state index in [1.54, 1.807) is 43.6 Å². The third-order valence-electron chi connectivity index (χ3n) is 6.08. The van der Waals surface area contributed by atoms with E-state index in [0.717, 1.165) is 22.0 Å². The molecule has 2 heterocycles. The fourth-order valence-electron chi connectivity index (χ4n) is 4.48. The molecule has 2 N–H and O–H groups in total. The summed E-state index contributed by atoms with van der Waals surface area (Å²) in [6.45, 7) is 1.82. The van der Waals surface area contributed by atoms with Crippen molar-refractivity contribution < 1.29 is 19.4 Å². The Morgan fingerprint density at radius 1 is 1.00 bits per heavy atom. The fraction of sp³-hybridized carbons (Fsp3) is 0.111. The Kier molecular flexibility index (Phi) is 4.98. The lowest BCUT2D eigenvalue weighted by Crippen LogP contribution is -2.29. The normalized spacial score (nSPS) is 17.6. The number of H-pyrrole nitrogens is 1. The Hall–Kier alpha value is -4.32. The third-order valence-corrected chi connectivity index (χ3v) is 6.08. The molecule has 6 nitrogen and oxygen atoms in total. The number of rotatable bonds is 4. The molecule has 1 fully saturated rings. The number of nitrogens with one attached hydrogen (secondary N) is 1. The molecule has 1 atom stereocenters. The molecule has 0 spiro atoms. The highest BCUT2D eigenvalue weighted by Crippen LogP contribution is 2.44. The van der Waals surface area contributed by atoms with Gasteiger partial charge in [-0.2, -0.15) is 0 Å². The number of amides is 1. The Morgan fingerprint density at radius 2 is 1.73 bits per heavy atom. The van der Waals surface area contributed by atoms with E-state index >= 15 is 0 Å². The second-order valence-electron chi connectivity index (χ2n) is 7.98. The number of Topliss-reactive ketones (excluding diaryl/α,β-unsaturated/α-hetero) is 1. The number of benzene rings is 3. The van der Waals surface area contributed by atoms with E-state index in [9.17, 15) is 14.7 Å². The van der Waals surface area contributed by atoms with Gasteiger partial charge in [-0.25, -0.2) is 0 Å². The Morgan fingerprint density at radius 3 is 2.45 bits per heavy atom.